The molecule has 5 N–H and O–H groups in total. The number of hydrogen-bond donors (Lipinski definition) is 3. The van der Waals surface area contributed by atoms with Gasteiger partial charge in [-0.2, -0.15) is 0 Å². The number of imide groups is 1. The Morgan fingerprint density at radius 2 is 2.12 bits per heavy atom. The van der Waals surface area contributed by atoms with Crippen molar-refractivity contribution in [2.45, 2.75) is 13.5 Å². The second-order valence-corrected chi connectivity index (χ2v) is 3.51. The predicted octanol–water partition coefficient (Wildman–Crippen LogP) is 0.0274. The topological polar surface area (TPSA) is 107 Å². The van der Waals surface area contributed by atoms with E-state index in [0.29, 0.717) is 12.3 Å². The van der Waals surface area contributed by atoms with Crippen LogP contribution >= 0.6 is 0 Å². The average molecular weight is 237 g/mol. The third-order valence-corrected chi connectivity index (χ3v) is 2.11. The van der Waals surface area contributed by atoms with Crippen LogP contribution in [0, 0.1) is 6.92 Å². The third-order valence-electron chi connectivity index (χ3n) is 2.11. The summed E-state index contributed by atoms with van der Waals surface area (Å²) in [5, 5.41) is 1.91. The number of nitrogens with two attached hydrogens (primary N) is 2. The van der Waals surface area contributed by atoms with Crippen molar-refractivity contribution in [1.82, 2.24) is 5.32 Å². The molecule has 0 aliphatic carbocycles. The minimum Gasteiger partial charge on any atom is -0.483 e. The van der Waals surface area contributed by atoms with E-state index in [2.05, 4.69) is 0 Å². The van der Waals surface area contributed by atoms with Crippen LogP contribution in [0.1, 0.15) is 11.1 Å². The fourth-order valence-corrected chi connectivity index (χ4v) is 1.24. The van der Waals surface area contributed by atoms with Crippen LogP contribution in [-0.2, 0) is 11.3 Å². The van der Waals surface area contributed by atoms with Gasteiger partial charge in [-0.1, -0.05) is 12.1 Å². The number of benzene rings is 1. The predicted molar refractivity (Wildman–Crippen MR) is 62.3 cm³/mol. The molecule has 0 saturated heterocycles. The van der Waals surface area contributed by atoms with Crippen LogP contribution in [0.5, 0.6) is 5.75 Å². The lowest BCUT2D eigenvalue weighted by Crippen LogP contribution is -2.38. The van der Waals surface area contributed by atoms with E-state index >= 15 is 0 Å². The number of rotatable bonds is 4. The normalized spacial score (nSPS) is 9.76. The summed E-state index contributed by atoms with van der Waals surface area (Å²) in [4.78, 5) is 21.5. The summed E-state index contributed by atoms with van der Waals surface area (Å²) in [6.45, 7) is 1.98. The highest BCUT2D eigenvalue weighted by molar-refractivity contribution is 5.94. The molecule has 6 nitrogen and oxygen atoms in total. The van der Waals surface area contributed by atoms with Crippen molar-refractivity contribution in [2.75, 3.05) is 6.61 Å². The van der Waals surface area contributed by atoms with Crippen LogP contribution < -0.4 is 21.5 Å². The maximum atomic E-state index is 11.1. The Labute approximate surface area is 98.9 Å². The molecule has 0 radical (unpaired) electrons. The van der Waals surface area contributed by atoms with E-state index < -0.39 is 11.9 Å². The molecule has 1 aromatic carbocycles. The van der Waals surface area contributed by atoms with E-state index in [1.54, 1.807) is 6.07 Å². The number of urea groups is 1. The highest BCUT2D eigenvalue weighted by Gasteiger charge is 2.07. The molecule has 0 aromatic heterocycles. The molecule has 0 fully saturated rings. The lowest BCUT2D eigenvalue weighted by molar-refractivity contribution is -0.121. The maximum absolute atomic E-state index is 11.1. The van der Waals surface area contributed by atoms with Crippen molar-refractivity contribution < 1.29 is 14.3 Å². The van der Waals surface area contributed by atoms with Crippen molar-refractivity contribution in [3.05, 3.63) is 29.3 Å². The van der Waals surface area contributed by atoms with Crippen LogP contribution in [0.4, 0.5) is 4.79 Å². The molecule has 1 rings (SSSR count). The zero-order valence-electron chi connectivity index (χ0n) is 9.53. The lowest BCUT2D eigenvalue weighted by atomic mass is 10.1. The Kier molecular flexibility index (Phi) is 4.47. The maximum Gasteiger partial charge on any atom is 0.318 e. The molecular formula is C11H15N3O3. The Morgan fingerprint density at radius 1 is 1.41 bits per heavy atom. The smallest absolute Gasteiger partial charge is 0.318 e. The van der Waals surface area contributed by atoms with Crippen molar-refractivity contribution in [1.29, 1.82) is 0 Å². The number of nitrogens with one attached hydrogen (secondary N) is 1. The molecule has 0 bridgehead atoms. The number of primary amides is 1. The standard InChI is InChI=1S/C11H15N3O3/c1-7-2-3-8(5-12)4-9(7)17-6-10(15)14-11(13)16/h2-4H,5-6,12H2,1H3,(H3,13,14,15,16). The summed E-state index contributed by atoms with van der Waals surface area (Å²) in [6.07, 6.45) is 0. The van der Waals surface area contributed by atoms with E-state index in [-0.39, 0.29) is 6.61 Å². The zero-order chi connectivity index (χ0) is 12.8. The van der Waals surface area contributed by atoms with Gasteiger partial charge >= 0.3 is 6.03 Å². The van der Waals surface area contributed by atoms with Gasteiger partial charge in [-0.3, -0.25) is 10.1 Å². The summed E-state index contributed by atoms with van der Waals surface area (Å²) in [5.74, 6) is -0.0254. The Hall–Kier alpha value is -2.08. The van der Waals surface area contributed by atoms with Gasteiger partial charge in [-0.15, -0.1) is 0 Å². The van der Waals surface area contributed by atoms with E-state index in [4.69, 9.17) is 16.2 Å². The van der Waals surface area contributed by atoms with Crippen molar-refractivity contribution in [3.8, 4) is 5.75 Å². The van der Waals surface area contributed by atoms with Crippen LogP contribution in [0.2, 0.25) is 0 Å². The quantitative estimate of drug-likeness (QED) is 0.686. The number of carbonyl (C=O) groups excluding carboxylic acids is 2. The molecule has 0 spiro atoms. The number of amides is 3. The van der Waals surface area contributed by atoms with Gasteiger partial charge in [0.2, 0.25) is 0 Å². The largest absolute Gasteiger partial charge is 0.483 e. The number of ether oxygens (including phenoxy) is 1. The van der Waals surface area contributed by atoms with Gasteiger partial charge in [0.15, 0.2) is 6.61 Å². The monoisotopic (exact) mass is 237 g/mol. The Balaban J connectivity index is 2.62. The van der Waals surface area contributed by atoms with E-state index in [1.807, 2.05) is 24.4 Å². The first-order chi connectivity index (χ1) is 8.02. The van der Waals surface area contributed by atoms with Crippen LogP contribution in [0.15, 0.2) is 18.2 Å². The van der Waals surface area contributed by atoms with E-state index in [9.17, 15) is 9.59 Å². The highest BCUT2D eigenvalue weighted by atomic mass is 16.5. The third kappa shape index (κ3) is 4.12. The first-order valence-electron chi connectivity index (χ1n) is 5.04. The average Bonchev–Trinajstić information content (AvgIpc) is 2.27. The molecule has 0 aliphatic rings. The molecule has 6 heteroatoms. The Bertz CT molecular complexity index is 432. The van der Waals surface area contributed by atoms with Gasteiger partial charge in [-0.05, 0) is 24.1 Å². The van der Waals surface area contributed by atoms with Crippen LogP contribution in [-0.4, -0.2) is 18.5 Å². The van der Waals surface area contributed by atoms with Crippen molar-refractivity contribution >= 4 is 11.9 Å². The summed E-state index contributed by atoms with van der Waals surface area (Å²) < 4.78 is 5.27. The first-order valence-corrected chi connectivity index (χ1v) is 5.04. The minimum absolute atomic E-state index is 0.266. The molecule has 3 amide bonds. The van der Waals surface area contributed by atoms with Crippen molar-refractivity contribution in [2.24, 2.45) is 11.5 Å². The SMILES string of the molecule is Cc1ccc(CN)cc1OCC(=O)NC(N)=O. The van der Waals surface area contributed by atoms with Gasteiger partial charge in [-0.25, -0.2) is 4.79 Å². The second-order valence-electron chi connectivity index (χ2n) is 3.51. The number of carbonyl (C=O) groups is 2. The molecule has 0 saturated carbocycles. The minimum atomic E-state index is -0.897. The first kappa shape index (κ1) is 13.0. The summed E-state index contributed by atoms with van der Waals surface area (Å²) in [6, 6.07) is 4.59. The van der Waals surface area contributed by atoms with Gasteiger partial charge in [0, 0.05) is 6.54 Å². The van der Waals surface area contributed by atoms with Gasteiger partial charge in [0.25, 0.3) is 5.91 Å². The molecule has 0 unspecified atom stereocenters. The number of aryl methyl sites for hydroxylation is 1. The zero-order valence-corrected chi connectivity index (χ0v) is 9.53. The van der Waals surface area contributed by atoms with Gasteiger partial charge < -0.3 is 16.2 Å². The van der Waals surface area contributed by atoms with Crippen LogP contribution in [0.3, 0.4) is 0 Å². The molecular weight excluding hydrogens is 222 g/mol. The van der Waals surface area contributed by atoms with Gasteiger partial charge in [0.1, 0.15) is 5.75 Å². The lowest BCUT2D eigenvalue weighted by Gasteiger charge is -2.09. The highest BCUT2D eigenvalue weighted by Crippen LogP contribution is 2.19. The molecule has 92 valence electrons. The molecule has 0 heterocycles. The number of hydrogen-bond acceptors (Lipinski definition) is 4. The summed E-state index contributed by atoms with van der Waals surface area (Å²) >= 11 is 0. The summed E-state index contributed by atoms with van der Waals surface area (Å²) in [7, 11) is 0. The van der Waals surface area contributed by atoms with E-state index in [0.717, 1.165) is 11.1 Å². The second kappa shape index (κ2) is 5.86. The van der Waals surface area contributed by atoms with Gasteiger partial charge in [0.05, 0.1) is 0 Å². The summed E-state index contributed by atoms with van der Waals surface area (Å²) in [5.41, 5.74) is 12.1. The Morgan fingerprint density at radius 3 is 2.71 bits per heavy atom. The molecule has 17 heavy (non-hydrogen) atoms. The molecule has 0 atom stereocenters. The molecule has 0 aliphatic heterocycles. The fraction of sp³-hybridized carbons (Fsp3) is 0.273. The van der Waals surface area contributed by atoms with E-state index in [1.165, 1.54) is 0 Å². The molecule has 1 aromatic rings. The van der Waals surface area contributed by atoms with Crippen molar-refractivity contribution in [3.63, 3.8) is 0 Å². The van der Waals surface area contributed by atoms with Crippen LogP contribution in [0.25, 0.3) is 0 Å². The fourth-order valence-electron chi connectivity index (χ4n) is 1.24.